The summed E-state index contributed by atoms with van der Waals surface area (Å²) in [4.78, 5) is 0. The summed E-state index contributed by atoms with van der Waals surface area (Å²) in [5.41, 5.74) is 10.5. The van der Waals surface area contributed by atoms with E-state index in [1.165, 1.54) is 0 Å². The molecule has 4 heteroatoms. The number of nitrogens with zero attached hydrogens (tertiary/aromatic N) is 1. The van der Waals surface area contributed by atoms with Gasteiger partial charge < -0.3 is 10.5 Å². The van der Waals surface area contributed by atoms with E-state index in [9.17, 15) is 0 Å². The van der Waals surface area contributed by atoms with Gasteiger partial charge in [-0.2, -0.15) is 5.10 Å². The number of rotatable bonds is 4. The van der Waals surface area contributed by atoms with Gasteiger partial charge in [-0.15, -0.1) is 0 Å². The highest BCUT2D eigenvalue weighted by atomic mass is 16.5. The number of ether oxygens (including phenoxy) is 1. The van der Waals surface area contributed by atoms with Gasteiger partial charge in [0.15, 0.2) is 0 Å². The molecule has 0 atom stereocenters. The molecule has 0 aliphatic heterocycles. The third kappa shape index (κ3) is 3.11. The summed E-state index contributed by atoms with van der Waals surface area (Å²) in [7, 11) is 0. The fourth-order valence-corrected chi connectivity index (χ4v) is 2.26. The Hall–Kier alpha value is -2.75. The summed E-state index contributed by atoms with van der Waals surface area (Å²) in [6, 6.07) is 17.7. The number of benzene rings is 2. The lowest BCUT2D eigenvalue weighted by molar-refractivity contribution is 0.242. The van der Waals surface area contributed by atoms with Crippen LogP contribution < -0.4 is 10.5 Å². The highest BCUT2D eigenvalue weighted by Gasteiger charge is 2.06. The van der Waals surface area contributed by atoms with Crippen LogP contribution in [0.5, 0.6) is 5.75 Å². The van der Waals surface area contributed by atoms with Crippen molar-refractivity contribution in [2.45, 2.75) is 20.0 Å². The zero-order chi connectivity index (χ0) is 15.5. The smallest absolute Gasteiger partial charge is 0.119 e. The van der Waals surface area contributed by atoms with Crippen LogP contribution in [0.1, 0.15) is 13.8 Å². The number of aromatic nitrogens is 2. The number of nitrogen functional groups attached to an aromatic ring is 1. The molecule has 0 radical (unpaired) electrons. The molecule has 0 fully saturated rings. The Morgan fingerprint density at radius 1 is 0.955 bits per heavy atom. The molecule has 2 aromatic carbocycles. The number of nitrogens with one attached hydrogen (secondary N) is 1. The van der Waals surface area contributed by atoms with Gasteiger partial charge in [-0.1, -0.05) is 12.1 Å². The van der Waals surface area contributed by atoms with Crippen molar-refractivity contribution < 1.29 is 4.74 Å². The van der Waals surface area contributed by atoms with Gasteiger partial charge in [0, 0.05) is 11.3 Å². The van der Waals surface area contributed by atoms with Gasteiger partial charge in [0.25, 0.3) is 0 Å². The van der Waals surface area contributed by atoms with Gasteiger partial charge >= 0.3 is 0 Å². The third-order valence-electron chi connectivity index (χ3n) is 3.32. The Morgan fingerprint density at radius 3 is 2.23 bits per heavy atom. The fourth-order valence-electron chi connectivity index (χ4n) is 2.26. The number of H-pyrrole nitrogens is 1. The van der Waals surface area contributed by atoms with Crippen molar-refractivity contribution in [1.82, 2.24) is 10.2 Å². The molecular formula is C18H19N3O. The fraction of sp³-hybridized carbons (Fsp3) is 0.167. The number of hydrogen-bond donors (Lipinski definition) is 2. The van der Waals surface area contributed by atoms with Crippen LogP contribution in [0.15, 0.2) is 54.6 Å². The Kier molecular flexibility index (Phi) is 3.83. The Balaban J connectivity index is 1.82. The predicted octanol–water partition coefficient (Wildman–Crippen LogP) is 4.11. The first kappa shape index (κ1) is 14.2. The number of anilines is 1. The van der Waals surface area contributed by atoms with Crippen molar-refractivity contribution in [3.05, 3.63) is 54.6 Å². The molecule has 0 bridgehead atoms. The largest absolute Gasteiger partial charge is 0.491 e. The zero-order valence-electron chi connectivity index (χ0n) is 12.7. The topological polar surface area (TPSA) is 63.9 Å². The van der Waals surface area contributed by atoms with Crippen LogP contribution in [0.2, 0.25) is 0 Å². The van der Waals surface area contributed by atoms with Crippen molar-refractivity contribution in [3.63, 3.8) is 0 Å². The van der Waals surface area contributed by atoms with Gasteiger partial charge in [0.2, 0.25) is 0 Å². The zero-order valence-corrected chi connectivity index (χ0v) is 12.7. The first-order valence-corrected chi connectivity index (χ1v) is 7.30. The summed E-state index contributed by atoms with van der Waals surface area (Å²) in [5, 5.41) is 7.44. The Labute approximate surface area is 129 Å². The first-order chi connectivity index (χ1) is 10.6. The molecule has 0 spiro atoms. The summed E-state index contributed by atoms with van der Waals surface area (Å²) in [6.45, 7) is 4.03. The standard InChI is InChI=1S/C18H19N3O/c1-12(2)22-16-9-5-14(6-10-16)18-11-17(20-21-18)13-3-7-15(19)8-4-13/h3-12H,19H2,1-2H3,(H,20,21). The molecule has 1 heterocycles. The first-order valence-electron chi connectivity index (χ1n) is 7.30. The number of aromatic amines is 1. The van der Waals surface area contributed by atoms with Crippen molar-refractivity contribution in [1.29, 1.82) is 0 Å². The highest BCUT2D eigenvalue weighted by molar-refractivity contribution is 5.69. The molecule has 0 saturated heterocycles. The quantitative estimate of drug-likeness (QED) is 0.711. The number of nitrogens with two attached hydrogens (primary N) is 1. The van der Waals surface area contributed by atoms with Crippen LogP contribution in [-0.2, 0) is 0 Å². The molecule has 3 N–H and O–H groups in total. The molecule has 0 unspecified atom stereocenters. The summed E-state index contributed by atoms with van der Waals surface area (Å²) in [5.74, 6) is 0.869. The van der Waals surface area contributed by atoms with Crippen LogP contribution in [0, 0.1) is 0 Å². The molecule has 0 amide bonds. The van der Waals surface area contributed by atoms with E-state index < -0.39 is 0 Å². The number of hydrogen-bond acceptors (Lipinski definition) is 3. The second-order valence-electron chi connectivity index (χ2n) is 5.48. The van der Waals surface area contributed by atoms with E-state index in [2.05, 4.69) is 10.2 Å². The minimum atomic E-state index is 0.174. The van der Waals surface area contributed by atoms with Crippen LogP contribution in [0.25, 0.3) is 22.5 Å². The van der Waals surface area contributed by atoms with Crippen molar-refractivity contribution in [2.75, 3.05) is 5.73 Å². The molecule has 22 heavy (non-hydrogen) atoms. The summed E-state index contributed by atoms with van der Waals surface area (Å²) in [6.07, 6.45) is 0.174. The lowest BCUT2D eigenvalue weighted by atomic mass is 10.1. The second-order valence-corrected chi connectivity index (χ2v) is 5.48. The minimum absolute atomic E-state index is 0.174. The predicted molar refractivity (Wildman–Crippen MR) is 89.6 cm³/mol. The lowest BCUT2D eigenvalue weighted by Gasteiger charge is -2.09. The van der Waals surface area contributed by atoms with Gasteiger partial charge in [0.1, 0.15) is 5.75 Å². The molecule has 0 aliphatic rings. The van der Waals surface area contributed by atoms with Gasteiger partial charge in [-0.25, -0.2) is 0 Å². The monoisotopic (exact) mass is 293 g/mol. The molecule has 3 rings (SSSR count). The maximum absolute atomic E-state index is 5.71. The van der Waals surface area contributed by atoms with E-state index >= 15 is 0 Å². The second kappa shape index (κ2) is 5.93. The lowest BCUT2D eigenvalue weighted by Crippen LogP contribution is -2.05. The van der Waals surface area contributed by atoms with Gasteiger partial charge in [0.05, 0.1) is 17.5 Å². The van der Waals surface area contributed by atoms with Gasteiger partial charge in [-0.05, 0) is 61.9 Å². The molecule has 3 aromatic rings. The van der Waals surface area contributed by atoms with E-state index in [4.69, 9.17) is 10.5 Å². The maximum Gasteiger partial charge on any atom is 0.119 e. The van der Waals surface area contributed by atoms with E-state index in [-0.39, 0.29) is 6.10 Å². The summed E-state index contributed by atoms with van der Waals surface area (Å²) >= 11 is 0. The Bertz CT molecular complexity index is 743. The van der Waals surface area contributed by atoms with Crippen LogP contribution in [-0.4, -0.2) is 16.3 Å². The summed E-state index contributed by atoms with van der Waals surface area (Å²) < 4.78 is 5.65. The maximum atomic E-state index is 5.71. The van der Waals surface area contributed by atoms with Crippen LogP contribution in [0.3, 0.4) is 0 Å². The third-order valence-corrected chi connectivity index (χ3v) is 3.32. The van der Waals surface area contributed by atoms with E-state index in [1.807, 2.05) is 68.4 Å². The van der Waals surface area contributed by atoms with Crippen LogP contribution >= 0.6 is 0 Å². The molecule has 112 valence electrons. The molecule has 1 aromatic heterocycles. The van der Waals surface area contributed by atoms with Gasteiger partial charge in [-0.3, -0.25) is 5.10 Å². The Morgan fingerprint density at radius 2 is 1.59 bits per heavy atom. The van der Waals surface area contributed by atoms with Crippen molar-refractivity contribution >= 4 is 5.69 Å². The average Bonchev–Trinajstić information content (AvgIpc) is 2.98. The molecule has 0 saturated carbocycles. The minimum Gasteiger partial charge on any atom is -0.491 e. The normalized spacial score (nSPS) is 10.9. The van der Waals surface area contributed by atoms with E-state index in [0.717, 1.165) is 34.0 Å². The average molecular weight is 293 g/mol. The molecular weight excluding hydrogens is 274 g/mol. The van der Waals surface area contributed by atoms with Crippen LogP contribution in [0.4, 0.5) is 5.69 Å². The van der Waals surface area contributed by atoms with Crippen molar-refractivity contribution in [2.24, 2.45) is 0 Å². The highest BCUT2D eigenvalue weighted by Crippen LogP contribution is 2.26. The SMILES string of the molecule is CC(C)Oc1ccc(-c2cc(-c3ccc(N)cc3)[nH]n2)cc1. The van der Waals surface area contributed by atoms with E-state index in [0.29, 0.717) is 0 Å². The molecule has 0 aliphatic carbocycles. The van der Waals surface area contributed by atoms with E-state index in [1.54, 1.807) is 0 Å². The molecule has 4 nitrogen and oxygen atoms in total. The van der Waals surface area contributed by atoms with Crippen molar-refractivity contribution in [3.8, 4) is 28.3 Å².